The molecule has 6 heteroatoms. The van der Waals surface area contributed by atoms with Gasteiger partial charge in [0, 0.05) is 60.5 Å². The first-order chi connectivity index (χ1) is 34.2. The van der Waals surface area contributed by atoms with Crippen LogP contribution in [0.2, 0.25) is 0 Å². The van der Waals surface area contributed by atoms with Crippen molar-refractivity contribution >= 4 is 65.7 Å². The van der Waals surface area contributed by atoms with Crippen molar-refractivity contribution in [2.45, 2.75) is 12.3 Å². The van der Waals surface area contributed by atoms with E-state index in [4.69, 9.17) is 23.8 Å². The van der Waals surface area contributed by atoms with Crippen LogP contribution in [0.5, 0.6) is 0 Å². The second-order valence-corrected chi connectivity index (χ2v) is 17.8. The first kappa shape index (κ1) is 39.1. The molecule has 4 heterocycles. The largest absolute Gasteiger partial charge is 0.456 e. The average Bonchev–Trinajstić information content (AvgIpc) is 4.10. The minimum atomic E-state index is 0.0644. The Labute approximate surface area is 396 Å². The summed E-state index contributed by atoms with van der Waals surface area (Å²) in [5, 5.41) is 6.49. The highest BCUT2D eigenvalue weighted by atomic mass is 16.3. The van der Waals surface area contributed by atoms with Gasteiger partial charge in [0.15, 0.2) is 17.5 Å². The van der Waals surface area contributed by atoms with E-state index in [1.807, 2.05) is 48.5 Å². The molecule has 1 aliphatic carbocycles. The topological polar surface area (TPSA) is 69.9 Å². The molecule has 13 aromatic rings. The van der Waals surface area contributed by atoms with Gasteiger partial charge in [-0.2, -0.15) is 0 Å². The zero-order valence-electron chi connectivity index (χ0n) is 37.3. The van der Waals surface area contributed by atoms with Gasteiger partial charge < -0.3 is 13.4 Å². The molecule has 1 unspecified atom stereocenters. The minimum absolute atomic E-state index is 0.0644. The molecule has 0 saturated carbocycles. The molecule has 4 aromatic heterocycles. The van der Waals surface area contributed by atoms with Crippen molar-refractivity contribution < 1.29 is 8.83 Å². The predicted octanol–water partition coefficient (Wildman–Crippen LogP) is 16.7. The van der Waals surface area contributed by atoms with Crippen LogP contribution in [0, 0.1) is 0 Å². The van der Waals surface area contributed by atoms with Gasteiger partial charge in [-0.15, -0.1) is 0 Å². The van der Waals surface area contributed by atoms with Gasteiger partial charge in [0.05, 0.1) is 16.7 Å². The number of fused-ring (bicyclic) bond motifs is 9. The summed E-state index contributed by atoms with van der Waals surface area (Å²) in [7, 11) is 0. The van der Waals surface area contributed by atoms with Crippen LogP contribution in [0.25, 0.3) is 128 Å². The predicted molar refractivity (Wildman–Crippen MR) is 282 cm³/mol. The summed E-state index contributed by atoms with van der Waals surface area (Å²) in [6.45, 7) is 0. The lowest BCUT2D eigenvalue weighted by molar-refractivity contribution is 0.668. The van der Waals surface area contributed by atoms with Gasteiger partial charge in [-0.25, -0.2) is 15.0 Å². The van der Waals surface area contributed by atoms with E-state index in [0.717, 1.165) is 94.8 Å². The van der Waals surface area contributed by atoms with Crippen LogP contribution in [-0.2, 0) is 0 Å². The number of allylic oxidation sites excluding steroid dienone is 4. The molecule has 0 fully saturated rings. The highest BCUT2D eigenvalue weighted by Gasteiger charge is 2.26. The van der Waals surface area contributed by atoms with Gasteiger partial charge >= 0.3 is 0 Å². The minimum Gasteiger partial charge on any atom is -0.456 e. The smallest absolute Gasteiger partial charge is 0.164 e. The van der Waals surface area contributed by atoms with E-state index in [-0.39, 0.29) is 5.92 Å². The Kier molecular flexibility index (Phi) is 8.92. The Morgan fingerprint density at radius 2 is 1.03 bits per heavy atom. The monoisotopic (exact) mass is 884 g/mol. The number of benzene rings is 9. The molecule has 0 saturated heterocycles. The third-order valence-corrected chi connectivity index (χ3v) is 13.8. The molecule has 0 aliphatic heterocycles. The van der Waals surface area contributed by atoms with Gasteiger partial charge in [-0.3, -0.25) is 0 Å². The molecule has 69 heavy (non-hydrogen) atoms. The van der Waals surface area contributed by atoms with Crippen molar-refractivity contribution in [1.82, 2.24) is 19.5 Å². The third-order valence-electron chi connectivity index (χ3n) is 13.8. The molecule has 6 nitrogen and oxygen atoms in total. The van der Waals surface area contributed by atoms with E-state index in [1.165, 1.54) is 27.5 Å². The van der Waals surface area contributed by atoms with E-state index < -0.39 is 0 Å². The molecular weight excluding hydrogens is 845 g/mol. The standard InChI is InChI=1S/C63H40N4O2/c1-4-17-39(18-5-1)42-32-34-54-52(35-42)45-23-10-13-27-53(45)67(54)60-50(40-19-6-2-7-20-40)36-44(37-51(60)41-21-8-3-9-22-41)62-64-61(43-31-33-47-46-24-11-14-28-55(46)69-58(47)38-43)65-63(66-62)49-26-16-30-57-59(49)48-25-12-15-29-56(48)68-57/h1-21,23-38,41H,22H2. The van der Waals surface area contributed by atoms with Crippen LogP contribution in [0.15, 0.2) is 233 Å². The van der Waals surface area contributed by atoms with Gasteiger partial charge in [0.1, 0.15) is 22.3 Å². The summed E-state index contributed by atoms with van der Waals surface area (Å²) in [5.74, 6) is 1.74. The Morgan fingerprint density at radius 1 is 0.391 bits per heavy atom. The molecule has 0 bridgehead atoms. The number of nitrogens with zero attached hydrogens (tertiary/aromatic N) is 4. The first-order valence-corrected chi connectivity index (χ1v) is 23.4. The highest BCUT2D eigenvalue weighted by molar-refractivity contribution is 6.13. The summed E-state index contributed by atoms with van der Waals surface area (Å²) in [4.78, 5) is 16.2. The number of rotatable bonds is 7. The van der Waals surface area contributed by atoms with Crippen LogP contribution in [0.3, 0.4) is 0 Å². The van der Waals surface area contributed by atoms with Crippen molar-refractivity contribution in [2.75, 3.05) is 0 Å². The molecule has 9 aromatic carbocycles. The molecule has 0 amide bonds. The lowest BCUT2D eigenvalue weighted by atomic mass is 9.86. The van der Waals surface area contributed by atoms with E-state index in [1.54, 1.807) is 0 Å². The molecule has 14 rings (SSSR count). The second kappa shape index (κ2) is 15.8. The van der Waals surface area contributed by atoms with E-state index in [2.05, 4.69) is 181 Å². The number of hydrogen-bond acceptors (Lipinski definition) is 5. The van der Waals surface area contributed by atoms with E-state index in [9.17, 15) is 0 Å². The zero-order valence-corrected chi connectivity index (χ0v) is 37.3. The van der Waals surface area contributed by atoms with Crippen molar-refractivity contribution in [3.05, 3.63) is 230 Å². The van der Waals surface area contributed by atoms with Crippen LogP contribution < -0.4 is 0 Å². The fourth-order valence-electron chi connectivity index (χ4n) is 10.6. The van der Waals surface area contributed by atoms with Gasteiger partial charge in [0.25, 0.3) is 0 Å². The number of aromatic nitrogens is 4. The Bertz CT molecular complexity index is 4230. The van der Waals surface area contributed by atoms with Gasteiger partial charge in [-0.05, 0) is 89.3 Å². The fraction of sp³-hybridized carbons (Fsp3) is 0.0317. The summed E-state index contributed by atoms with van der Waals surface area (Å²) in [6.07, 6.45) is 9.76. The van der Waals surface area contributed by atoms with Gasteiger partial charge in [0.2, 0.25) is 0 Å². The maximum atomic E-state index is 6.43. The van der Waals surface area contributed by atoms with Crippen LogP contribution in [-0.4, -0.2) is 19.5 Å². The average molecular weight is 885 g/mol. The van der Waals surface area contributed by atoms with Crippen molar-refractivity contribution in [3.63, 3.8) is 0 Å². The molecule has 1 aliphatic rings. The fourth-order valence-corrected chi connectivity index (χ4v) is 10.6. The van der Waals surface area contributed by atoms with Gasteiger partial charge in [-0.1, -0.05) is 164 Å². The molecule has 324 valence electrons. The lowest BCUT2D eigenvalue weighted by Crippen LogP contribution is -2.08. The summed E-state index contributed by atoms with van der Waals surface area (Å²) >= 11 is 0. The molecule has 0 radical (unpaired) electrons. The van der Waals surface area contributed by atoms with Crippen molar-refractivity contribution in [2.24, 2.45) is 0 Å². The SMILES string of the molecule is C1=CCC(c2cc(-c3nc(-c4ccc5c(c4)oc4ccccc45)nc(-c4cccc5oc6ccccc6c45)n3)cc(-c3ccccc3)c2-n2c3ccccc3c3cc(-c4ccccc4)ccc32)C=C1. The Morgan fingerprint density at radius 3 is 1.84 bits per heavy atom. The second-order valence-electron chi connectivity index (χ2n) is 17.8. The number of para-hydroxylation sites is 3. The maximum Gasteiger partial charge on any atom is 0.164 e. The first-order valence-electron chi connectivity index (χ1n) is 23.4. The van der Waals surface area contributed by atoms with Crippen LogP contribution >= 0.6 is 0 Å². The lowest BCUT2D eigenvalue weighted by Gasteiger charge is -2.25. The molecular formula is C63H40N4O2. The molecule has 0 N–H and O–H groups in total. The highest BCUT2D eigenvalue weighted by Crippen LogP contribution is 2.45. The maximum absolute atomic E-state index is 6.43. The van der Waals surface area contributed by atoms with E-state index >= 15 is 0 Å². The number of furan rings is 2. The Hall–Kier alpha value is -9.13. The van der Waals surface area contributed by atoms with Crippen LogP contribution in [0.4, 0.5) is 0 Å². The third kappa shape index (κ3) is 6.45. The van der Waals surface area contributed by atoms with Crippen molar-refractivity contribution in [3.8, 4) is 62.1 Å². The normalized spacial score (nSPS) is 13.8. The zero-order chi connectivity index (χ0) is 45.4. The Balaban J connectivity index is 1.06. The molecule has 0 spiro atoms. The van der Waals surface area contributed by atoms with Crippen LogP contribution in [0.1, 0.15) is 17.9 Å². The summed E-state index contributed by atoms with van der Waals surface area (Å²) < 4.78 is 15.3. The quantitative estimate of drug-likeness (QED) is 0.159. The number of hydrogen-bond donors (Lipinski definition) is 0. The summed E-state index contributed by atoms with van der Waals surface area (Å²) in [6, 6.07) is 70.4. The van der Waals surface area contributed by atoms with E-state index in [0.29, 0.717) is 17.5 Å². The van der Waals surface area contributed by atoms with Crippen molar-refractivity contribution in [1.29, 1.82) is 0 Å². The molecule has 1 atom stereocenters. The summed E-state index contributed by atoms with van der Waals surface area (Å²) in [5.41, 5.74) is 14.9.